The van der Waals surface area contributed by atoms with Gasteiger partial charge in [0.1, 0.15) is 11.2 Å². The Morgan fingerprint density at radius 3 is 1.72 bits per heavy atom. The van der Waals surface area contributed by atoms with E-state index >= 15 is 0 Å². The molecule has 46 heavy (non-hydrogen) atoms. The van der Waals surface area contributed by atoms with Gasteiger partial charge in [-0.3, -0.25) is 0 Å². The van der Waals surface area contributed by atoms with Crippen LogP contribution in [0.1, 0.15) is 0 Å². The largest absolute Gasteiger partial charge is 0.455 e. The number of hydrogen-bond acceptors (Lipinski definition) is 2. The molecule has 10 rings (SSSR count). The van der Waals surface area contributed by atoms with E-state index in [0.29, 0.717) is 0 Å². The van der Waals surface area contributed by atoms with Gasteiger partial charge in [-0.05, 0) is 67.6 Å². The first-order chi connectivity index (χ1) is 22.8. The second-order valence-electron chi connectivity index (χ2n) is 12.0. The van der Waals surface area contributed by atoms with Gasteiger partial charge >= 0.3 is 0 Å². The summed E-state index contributed by atoms with van der Waals surface area (Å²) in [6.07, 6.45) is 0. The van der Waals surface area contributed by atoms with Crippen molar-refractivity contribution in [1.29, 1.82) is 0 Å². The van der Waals surface area contributed by atoms with Crippen molar-refractivity contribution in [3.8, 4) is 33.4 Å². The summed E-state index contributed by atoms with van der Waals surface area (Å²) in [5.41, 5.74) is 9.08. The molecule has 8 aromatic carbocycles. The Bertz CT molecular complexity index is 2740. The van der Waals surface area contributed by atoms with Gasteiger partial charge in [0, 0.05) is 36.5 Å². The molecular formula is C44H26OS. The number of rotatable bonds is 3. The van der Waals surface area contributed by atoms with Gasteiger partial charge in [0.25, 0.3) is 0 Å². The van der Waals surface area contributed by atoms with Gasteiger partial charge in [0.2, 0.25) is 0 Å². The van der Waals surface area contributed by atoms with Gasteiger partial charge in [-0.15, -0.1) is 11.3 Å². The Morgan fingerprint density at radius 1 is 0.370 bits per heavy atom. The molecule has 0 aliphatic heterocycles. The summed E-state index contributed by atoms with van der Waals surface area (Å²) >= 11 is 1.87. The standard InChI is InChI=1S/C44H26OS/c1-2-12-27(13-3-1)29-19-10-21-37-43-36(20-11-22-38(43)45-44(29)37)42-34-17-6-4-15-32(34)41(33-16-5-7-18-35(33)42)28-24-25-31-30-14-8-9-23-39(30)46-40(31)26-28/h1-26H. The van der Waals surface area contributed by atoms with E-state index in [-0.39, 0.29) is 0 Å². The fourth-order valence-corrected chi connectivity index (χ4v) is 8.66. The molecule has 214 valence electrons. The minimum Gasteiger partial charge on any atom is -0.455 e. The Kier molecular flexibility index (Phi) is 5.51. The minimum absolute atomic E-state index is 0.906. The van der Waals surface area contributed by atoms with Crippen LogP contribution in [0.25, 0.3) is 97.0 Å². The molecule has 2 heterocycles. The lowest BCUT2D eigenvalue weighted by atomic mass is 9.85. The molecule has 2 heteroatoms. The summed E-state index contributed by atoms with van der Waals surface area (Å²) in [7, 11) is 0. The zero-order chi connectivity index (χ0) is 30.2. The second-order valence-corrected chi connectivity index (χ2v) is 13.1. The predicted octanol–water partition coefficient (Wildman–Crippen LogP) is 13.3. The van der Waals surface area contributed by atoms with Crippen LogP contribution in [-0.2, 0) is 0 Å². The number of hydrogen-bond donors (Lipinski definition) is 0. The molecule has 0 atom stereocenters. The third-order valence-corrected chi connectivity index (χ3v) is 10.6. The smallest absolute Gasteiger partial charge is 0.143 e. The third-order valence-electron chi connectivity index (χ3n) is 9.48. The summed E-state index contributed by atoms with van der Waals surface area (Å²) in [4.78, 5) is 0. The average Bonchev–Trinajstić information content (AvgIpc) is 3.69. The molecule has 0 saturated carbocycles. The van der Waals surface area contributed by atoms with Crippen LogP contribution in [0.3, 0.4) is 0 Å². The van der Waals surface area contributed by atoms with Gasteiger partial charge in [-0.1, -0.05) is 140 Å². The number of para-hydroxylation sites is 1. The summed E-state index contributed by atoms with van der Waals surface area (Å²) < 4.78 is 9.33. The van der Waals surface area contributed by atoms with Gasteiger partial charge in [0.05, 0.1) is 0 Å². The van der Waals surface area contributed by atoms with Crippen molar-refractivity contribution in [3.05, 3.63) is 158 Å². The van der Waals surface area contributed by atoms with Crippen LogP contribution in [0, 0.1) is 0 Å². The summed E-state index contributed by atoms with van der Waals surface area (Å²) in [5, 5.41) is 9.95. The Balaban J connectivity index is 1.29. The fourth-order valence-electron chi connectivity index (χ4n) is 7.51. The van der Waals surface area contributed by atoms with E-state index in [2.05, 4.69) is 158 Å². The summed E-state index contributed by atoms with van der Waals surface area (Å²) in [6, 6.07) is 57.1. The number of furan rings is 1. The van der Waals surface area contributed by atoms with Crippen LogP contribution < -0.4 is 0 Å². The molecule has 0 saturated heterocycles. The Morgan fingerprint density at radius 2 is 0.957 bits per heavy atom. The zero-order valence-corrected chi connectivity index (χ0v) is 25.6. The molecule has 0 unspecified atom stereocenters. The quantitative estimate of drug-likeness (QED) is 0.183. The molecule has 10 aromatic rings. The highest BCUT2D eigenvalue weighted by molar-refractivity contribution is 7.25. The van der Waals surface area contributed by atoms with Crippen molar-refractivity contribution in [1.82, 2.24) is 0 Å². The van der Waals surface area contributed by atoms with Gasteiger partial charge in [0.15, 0.2) is 0 Å². The van der Waals surface area contributed by atoms with Gasteiger partial charge in [-0.25, -0.2) is 0 Å². The summed E-state index contributed by atoms with van der Waals surface area (Å²) in [5.74, 6) is 0. The fraction of sp³-hybridized carbons (Fsp3) is 0. The predicted molar refractivity (Wildman–Crippen MR) is 198 cm³/mol. The van der Waals surface area contributed by atoms with Crippen LogP contribution in [0.5, 0.6) is 0 Å². The maximum atomic E-state index is 6.68. The highest BCUT2D eigenvalue weighted by atomic mass is 32.1. The first-order valence-corrected chi connectivity index (χ1v) is 16.5. The highest BCUT2D eigenvalue weighted by Gasteiger charge is 2.21. The molecule has 0 aliphatic rings. The molecule has 0 aliphatic carbocycles. The molecule has 0 fully saturated rings. The van der Waals surface area contributed by atoms with E-state index < -0.39 is 0 Å². The first-order valence-electron chi connectivity index (χ1n) is 15.7. The number of benzene rings is 8. The van der Waals surface area contributed by atoms with E-state index in [1.54, 1.807) is 0 Å². The SMILES string of the molecule is c1ccc(-c2cccc3c2oc2cccc(-c4c5ccccc5c(-c5ccc6c(c5)sc5ccccc56)c5ccccc45)c23)cc1. The molecule has 0 radical (unpaired) electrons. The maximum Gasteiger partial charge on any atom is 0.143 e. The number of thiophene rings is 1. The van der Waals surface area contributed by atoms with E-state index in [9.17, 15) is 0 Å². The molecule has 2 aromatic heterocycles. The van der Waals surface area contributed by atoms with Crippen LogP contribution in [-0.4, -0.2) is 0 Å². The van der Waals surface area contributed by atoms with Crippen LogP contribution in [0.15, 0.2) is 162 Å². The lowest BCUT2D eigenvalue weighted by Gasteiger charge is -2.18. The third kappa shape index (κ3) is 3.68. The lowest BCUT2D eigenvalue weighted by molar-refractivity contribution is 0.670. The second kappa shape index (κ2) is 9.90. The van der Waals surface area contributed by atoms with E-state index in [0.717, 1.165) is 33.1 Å². The highest BCUT2D eigenvalue weighted by Crippen LogP contribution is 2.48. The molecule has 0 N–H and O–H groups in total. The normalized spacial score (nSPS) is 11.9. The Labute approximate surface area is 269 Å². The zero-order valence-electron chi connectivity index (χ0n) is 24.8. The van der Waals surface area contributed by atoms with Crippen molar-refractivity contribution in [2.45, 2.75) is 0 Å². The van der Waals surface area contributed by atoms with E-state index in [1.165, 1.54) is 64.0 Å². The van der Waals surface area contributed by atoms with Crippen molar-refractivity contribution in [3.63, 3.8) is 0 Å². The Hall–Kier alpha value is -5.70. The van der Waals surface area contributed by atoms with Crippen molar-refractivity contribution in [2.24, 2.45) is 0 Å². The molecule has 0 spiro atoms. The van der Waals surface area contributed by atoms with Gasteiger partial charge in [-0.2, -0.15) is 0 Å². The van der Waals surface area contributed by atoms with Crippen molar-refractivity contribution >= 4 is 75.0 Å². The van der Waals surface area contributed by atoms with E-state index in [4.69, 9.17) is 4.42 Å². The lowest BCUT2D eigenvalue weighted by Crippen LogP contribution is -1.91. The topological polar surface area (TPSA) is 13.1 Å². The molecule has 0 bridgehead atoms. The molecule has 1 nitrogen and oxygen atoms in total. The average molecular weight is 603 g/mol. The van der Waals surface area contributed by atoms with Crippen LogP contribution >= 0.6 is 11.3 Å². The van der Waals surface area contributed by atoms with Crippen LogP contribution in [0.4, 0.5) is 0 Å². The first kappa shape index (κ1) is 25.6. The summed E-state index contributed by atoms with van der Waals surface area (Å²) in [6.45, 7) is 0. The van der Waals surface area contributed by atoms with Gasteiger partial charge < -0.3 is 4.42 Å². The molecule has 0 amide bonds. The van der Waals surface area contributed by atoms with Crippen molar-refractivity contribution < 1.29 is 4.42 Å². The van der Waals surface area contributed by atoms with Crippen molar-refractivity contribution in [2.75, 3.05) is 0 Å². The van der Waals surface area contributed by atoms with Crippen LogP contribution in [0.2, 0.25) is 0 Å². The minimum atomic E-state index is 0.906. The number of fused-ring (bicyclic) bond motifs is 8. The molecular weight excluding hydrogens is 577 g/mol. The monoisotopic (exact) mass is 602 g/mol. The van der Waals surface area contributed by atoms with E-state index in [1.807, 2.05) is 11.3 Å². The maximum absolute atomic E-state index is 6.68.